The molecule has 6 nitrogen and oxygen atoms in total. The van der Waals surface area contributed by atoms with E-state index in [-0.39, 0.29) is 11.4 Å². The molecular weight excluding hydrogens is 398 g/mol. The first-order valence-corrected chi connectivity index (χ1v) is 10.7. The molecule has 160 valence electrons. The van der Waals surface area contributed by atoms with Crippen LogP contribution in [-0.4, -0.2) is 25.4 Å². The maximum Gasteiger partial charge on any atom is 0.253 e. The minimum Gasteiger partial charge on any atom is -0.348 e. The first kappa shape index (κ1) is 20.0. The van der Waals surface area contributed by atoms with E-state index in [1.807, 2.05) is 53.6 Å². The Bertz CT molecular complexity index is 1430. The van der Waals surface area contributed by atoms with Crippen molar-refractivity contribution in [2.45, 2.75) is 32.9 Å². The number of benzene rings is 2. The van der Waals surface area contributed by atoms with E-state index in [0.29, 0.717) is 12.1 Å². The van der Waals surface area contributed by atoms with Gasteiger partial charge >= 0.3 is 0 Å². The quantitative estimate of drug-likeness (QED) is 0.414. The van der Waals surface area contributed by atoms with Gasteiger partial charge in [0.05, 0.1) is 23.1 Å². The summed E-state index contributed by atoms with van der Waals surface area (Å²) in [4.78, 5) is 24.9. The van der Waals surface area contributed by atoms with Crippen LogP contribution < -0.4 is 5.32 Å². The number of carbonyl (C=O) groups excluding carboxylic acids is 1. The standard InChI is InChI=1S/C26H25N5O/c1-26(2,3)31-11-10-19(16-31)25(32)28-15-24-29-22-9-8-17(12-23(22)30-24)21-14-27-13-18-6-4-5-7-20(18)21/h4-14,16H,15H2,1-3H3,(H,28,32)(H,29,30). The number of H-pyrrole nitrogens is 1. The third kappa shape index (κ3) is 3.75. The van der Waals surface area contributed by atoms with E-state index >= 15 is 0 Å². The fourth-order valence-electron chi connectivity index (χ4n) is 3.87. The van der Waals surface area contributed by atoms with Crippen molar-refractivity contribution in [1.82, 2.24) is 24.8 Å². The molecule has 2 N–H and O–H groups in total. The zero-order valence-corrected chi connectivity index (χ0v) is 18.4. The Labute approximate surface area is 186 Å². The number of imidazole rings is 1. The number of nitrogens with one attached hydrogen (secondary N) is 2. The second kappa shape index (κ2) is 7.64. The van der Waals surface area contributed by atoms with Crippen LogP contribution in [0.4, 0.5) is 0 Å². The molecule has 5 rings (SSSR count). The van der Waals surface area contributed by atoms with Crippen LogP contribution in [0, 0.1) is 0 Å². The van der Waals surface area contributed by atoms with E-state index in [1.54, 1.807) is 0 Å². The van der Waals surface area contributed by atoms with E-state index in [4.69, 9.17) is 0 Å². The Hall–Kier alpha value is -3.93. The smallest absolute Gasteiger partial charge is 0.253 e. The average Bonchev–Trinajstić information content (AvgIpc) is 3.44. The molecule has 0 spiro atoms. The largest absolute Gasteiger partial charge is 0.348 e. The van der Waals surface area contributed by atoms with Gasteiger partial charge < -0.3 is 14.9 Å². The molecule has 0 bridgehead atoms. The van der Waals surface area contributed by atoms with Crippen molar-refractivity contribution < 1.29 is 4.79 Å². The number of hydrogen-bond acceptors (Lipinski definition) is 3. The Morgan fingerprint density at radius 3 is 2.75 bits per heavy atom. The van der Waals surface area contributed by atoms with Gasteiger partial charge in [-0.25, -0.2) is 4.98 Å². The highest BCUT2D eigenvalue weighted by molar-refractivity contribution is 5.97. The molecule has 3 aromatic heterocycles. The zero-order chi connectivity index (χ0) is 22.3. The van der Waals surface area contributed by atoms with Gasteiger partial charge in [-0.15, -0.1) is 0 Å². The average molecular weight is 424 g/mol. The number of rotatable bonds is 4. The second-order valence-electron chi connectivity index (χ2n) is 8.98. The molecule has 2 aromatic carbocycles. The Morgan fingerprint density at radius 1 is 1.09 bits per heavy atom. The van der Waals surface area contributed by atoms with E-state index in [0.717, 1.165) is 38.8 Å². The lowest BCUT2D eigenvalue weighted by molar-refractivity contribution is 0.0950. The van der Waals surface area contributed by atoms with Gasteiger partial charge in [0.25, 0.3) is 5.91 Å². The van der Waals surface area contributed by atoms with Gasteiger partial charge in [-0.3, -0.25) is 9.78 Å². The summed E-state index contributed by atoms with van der Waals surface area (Å²) in [6.45, 7) is 6.64. The third-order valence-electron chi connectivity index (χ3n) is 5.66. The van der Waals surface area contributed by atoms with Gasteiger partial charge in [-0.1, -0.05) is 30.3 Å². The highest BCUT2D eigenvalue weighted by atomic mass is 16.1. The third-order valence-corrected chi connectivity index (χ3v) is 5.66. The number of amides is 1. The van der Waals surface area contributed by atoms with Gasteiger partial charge in [-0.05, 0) is 49.9 Å². The fourth-order valence-corrected chi connectivity index (χ4v) is 3.87. The molecule has 0 aliphatic heterocycles. The molecule has 6 heteroatoms. The summed E-state index contributed by atoms with van der Waals surface area (Å²) in [5, 5.41) is 5.23. The molecule has 0 saturated heterocycles. The number of nitrogens with zero attached hydrogens (tertiary/aromatic N) is 3. The maximum atomic E-state index is 12.6. The minimum atomic E-state index is -0.115. The molecule has 0 aliphatic carbocycles. The van der Waals surface area contributed by atoms with Crippen molar-refractivity contribution in [3.8, 4) is 11.1 Å². The number of pyridine rings is 1. The Kier molecular flexibility index (Phi) is 4.78. The number of carbonyl (C=O) groups is 1. The van der Waals surface area contributed by atoms with Crippen molar-refractivity contribution in [2.75, 3.05) is 0 Å². The Morgan fingerprint density at radius 2 is 1.94 bits per heavy atom. The summed E-state index contributed by atoms with van der Waals surface area (Å²) in [7, 11) is 0. The number of aromatic nitrogens is 4. The van der Waals surface area contributed by atoms with Crippen LogP contribution in [0.1, 0.15) is 37.0 Å². The van der Waals surface area contributed by atoms with E-state index < -0.39 is 0 Å². The molecule has 0 unspecified atom stereocenters. The first-order chi connectivity index (χ1) is 15.4. The zero-order valence-electron chi connectivity index (χ0n) is 18.4. The van der Waals surface area contributed by atoms with Crippen molar-refractivity contribution >= 4 is 27.7 Å². The number of hydrogen-bond donors (Lipinski definition) is 2. The molecule has 32 heavy (non-hydrogen) atoms. The Balaban J connectivity index is 1.36. The van der Waals surface area contributed by atoms with E-state index in [2.05, 4.69) is 65.3 Å². The van der Waals surface area contributed by atoms with Crippen molar-refractivity contribution in [2.24, 2.45) is 0 Å². The lowest BCUT2D eigenvalue weighted by Crippen LogP contribution is -2.24. The predicted octanol–water partition coefficient (Wildman–Crippen LogP) is 5.26. The molecule has 1 amide bonds. The van der Waals surface area contributed by atoms with Crippen molar-refractivity contribution in [3.05, 3.63) is 84.7 Å². The SMILES string of the molecule is CC(C)(C)n1ccc(C(=O)NCc2nc3ccc(-c4cncc5ccccc45)cc3[nH]2)c1. The lowest BCUT2D eigenvalue weighted by atomic mass is 10.0. The number of aromatic amines is 1. The summed E-state index contributed by atoms with van der Waals surface area (Å²) < 4.78 is 2.03. The van der Waals surface area contributed by atoms with Crippen LogP contribution in [-0.2, 0) is 12.1 Å². The van der Waals surface area contributed by atoms with Crippen LogP contribution in [0.3, 0.4) is 0 Å². The summed E-state index contributed by atoms with van der Waals surface area (Å²) in [5.41, 5.74) is 4.53. The van der Waals surface area contributed by atoms with Gasteiger partial charge in [0, 0.05) is 41.3 Å². The topological polar surface area (TPSA) is 75.6 Å². The molecule has 0 saturated carbocycles. The molecule has 0 atom stereocenters. The van der Waals surface area contributed by atoms with Crippen molar-refractivity contribution in [1.29, 1.82) is 0 Å². The predicted molar refractivity (Wildman–Crippen MR) is 127 cm³/mol. The van der Waals surface area contributed by atoms with Crippen LogP contribution in [0.15, 0.2) is 73.3 Å². The van der Waals surface area contributed by atoms with Gasteiger partial charge in [0.15, 0.2) is 0 Å². The molecule has 0 aliphatic rings. The van der Waals surface area contributed by atoms with E-state index in [1.165, 1.54) is 0 Å². The summed E-state index contributed by atoms with van der Waals surface area (Å²) in [5.74, 6) is 0.604. The summed E-state index contributed by atoms with van der Waals surface area (Å²) >= 11 is 0. The molecule has 0 radical (unpaired) electrons. The second-order valence-corrected chi connectivity index (χ2v) is 8.98. The van der Waals surface area contributed by atoms with Crippen molar-refractivity contribution in [3.63, 3.8) is 0 Å². The van der Waals surface area contributed by atoms with Crippen LogP contribution in [0.5, 0.6) is 0 Å². The fraction of sp³-hybridized carbons (Fsp3) is 0.192. The number of fused-ring (bicyclic) bond motifs is 2. The monoisotopic (exact) mass is 423 g/mol. The van der Waals surface area contributed by atoms with Gasteiger partial charge in [0.2, 0.25) is 0 Å². The van der Waals surface area contributed by atoms with Gasteiger partial charge in [0.1, 0.15) is 5.82 Å². The minimum absolute atomic E-state index is 0.0609. The maximum absolute atomic E-state index is 12.6. The van der Waals surface area contributed by atoms with Crippen LogP contribution in [0.25, 0.3) is 32.9 Å². The first-order valence-electron chi connectivity index (χ1n) is 10.7. The lowest BCUT2D eigenvalue weighted by Gasteiger charge is -2.20. The van der Waals surface area contributed by atoms with Gasteiger partial charge in [-0.2, -0.15) is 0 Å². The normalized spacial score (nSPS) is 11.8. The van der Waals surface area contributed by atoms with Crippen LogP contribution >= 0.6 is 0 Å². The molecular formula is C26H25N5O. The molecule has 5 aromatic rings. The van der Waals surface area contributed by atoms with Crippen LogP contribution in [0.2, 0.25) is 0 Å². The molecule has 3 heterocycles. The summed E-state index contributed by atoms with van der Waals surface area (Å²) in [6.07, 6.45) is 7.58. The highest BCUT2D eigenvalue weighted by Gasteiger charge is 2.15. The summed E-state index contributed by atoms with van der Waals surface area (Å²) in [6, 6.07) is 16.2. The molecule has 0 fully saturated rings. The highest BCUT2D eigenvalue weighted by Crippen LogP contribution is 2.29. The van der Waals surface area contributed by atoms with E-state index in [9.17, 15) is 4.79 Å².